The number of anilines is 1. The van der Waals surface area contributed by atoms with Crippen molar-refractivity contribution in [1.29, 1.82) is 5.26 Å². The molecule has 1 saturated heterocycles. The van der Waals surface area contributed by atoms with Gasteiger partial charge in [-0.3, -0.25) is 9.78 Å². The van der Waals surface area contributed by atoms with E-state index in [9.17, 15) is 4.79 Å². The Morgan fingerprint density at radius 2 is 1.90 bits per heavy atom. The van der Waals surface area contributed by atoms with E-state index in [1.807, 2.05) is 29.1 Å². The van der Waals surface area contributed by atoms with Crippen molar-refractivity contribution in [2.24, 2.45) is 5.92 Å². The number of imidazole rings is 1. The molecule has 1 atom stereocenters. The van der Waals surface area contributed by atoms with Gasteiger partial charge in [-0.25, -0.2) is 9.50 Å². The van der Waals surface area contributed by atoms with Crippen LogP contribution >= 0.6 is 0 Å². The number of fused-ring (bicyclic) bond motifs is 2. The number of rotatable bonds is 2. The Morgan fingerprint density at radius 3 is 2.62 bits per heavy atom. The normalized spacial score (nSPS) is 18.0. The van der Waals surface area contributed by atoms with Crippen LogP contribution in [-0.2, 0) is 4.79 Å². The fourth-order valence-electron chi connectivity index (χ4n) is 3.45. The second-order valence-electron chi connectivity index (χ2n) is 7.23. The van der Waals surface area contributed by atoms with Crippen LogP contribution in [0, 0.1) is 17.2 Å². The average molecular weight is 385 g/mol. The lowest BCUT2D eigenvalue weighted by molar-refractivity contribution is -0.118. The van der Waals surface area contributed by atoms with Gasteiger partial charge in [-0.15, -0.1) is 0 Å². The number of carbonyl (C=O) groups excluding carboxylic acids is 1. The standard InChI is InChI=1S/C18H13N7O.C3H6/c19-10-12-2-6-24(18(12)26)14-1-3-22-25-11-13(9-15(14)25)16-17-21-5-8-23(17)7-4-20-16;1-2-3-1/h1,3-5,7-9,11-12H,2,6H2;1-3H2. The zero-order valence-electron chi connectivity index (χ0n) is 15.8. The number of carbonyl (C=O) groups is 1. The van der Waals surface area contributed by atoms with Crippen molar-refractivity contribution in [2.75, 3.05) is 11.4 Å². The van der Waals surface area contributed by atoms with E-state index in [4.69, 9.17) is 5.26 Å². The van der Waals surface area contributed by atoms with Gasteiger partial charge in [0.05, 0.1) is 17.3 Å². The summed E-state index contributed by atoms with van der Waals surface area (Å²) in [6, 6.07) is 5.83. The Bertz CT molecular complexity index is 1240. The zero-order chi connectivity index (χ0) is 19.8. The number of nitriles is 1. The molecule has 144 valence electrons. The highest BCUT2D eigenvalue weighted by Crippen LogP contribution is 2.32. The van der Waals surface area contributed by atoms with E-state index in [2.05, 4.69) is 21.1 Å². The maximum absolute atomic E-state index is 12.4. The third kappa shape index (κ3) is 3.10. The van der Waals surface area contributed by atoms with E-state index in [1.54, 1.807) is 34.1 Å². The first kappa shape index (κ1) is 17.4. The Hall–Kier alpha value is -3.73. The van der Waals surface area contributed by atoms with Gasteiger partial charge in [-0.05, 0) is 18.6 Å². The van der Waals surface area contributed by atoms with Crippen molar-refractivity contribution in [3.63, 3.8) is 0 Å². The lowest BCUT2D eigenvalue weighted by Crippen LogP contribution is -2.27. The largest absolute Gasteiger partial charge is 0.309 e. The number of nitrogens with zero attached hydrogens (tertiary/aromatic N) is 7. The highest BCUT2D eigenvalue weighted by Gasteiger charge is 2.33. The molecule has 2 aliphatic rings. The van der Waals surface area contributed by atoms with Gasteiger partial charge in [0.2, 0.25) is 5.91 Å². The van der Waals surface area contributed by atoms with Gasteiger partial charge in [0, 0.05) is 49.3 Å². The number of hydrogen-bond acceptors (Lipinski definition) is 5. The van der Waals surface area contributed by atoms with E-state index in [0.29, 0.717) is 13.0 Å². The summed E-state index contributed by atoms with van der Waals surface area (Å²) < 4.78 is 3.63. The van der Waals surface area contributed by atoms with E-state index < -0.39 is 5.92 Å². The zero-order valence-corrected chi connectivity index (χ0v) is 15.8. The van der Waals surface area contributed by atoms with Gasteiger partial charge in [0.15, 0.2) is 5.65 Å². The molecular formula is C21H19N7O. The van der Waals surface area contributed by atoms with Gasteiger partial charge in [0.1, 0.15) is 11.6 Å². The van der Waals surface area contributed by atoms with Crippen molar-refractivity contribution in [3.8, 4) is 17.3 Å². The van der Waals surface area contributed by atoms with Crippen LogP contribution in [0.3, 0.4) is 0 Å². The molecule has 5 heterocycles. The molecule has 1 aliphatic heterocycles. The molecule has 1 unspecified atom stereocenters. The van der Waals surface area contributed by atoms with Gasteiger partial charge in [0.25, 0.3) is 0 Å². The maximum atomic E-state index is 12.4. The van der Waals surface area contributed by atoms with Crippen molar-refractivity contribution in [2.45, 2.75) is 25.7 Å². The van der Waals surface area contributed by atoms with Gasteiger partial charge in [-0.1, -0.05) is 19.3 Å². The fourth-order valence-corrected chi connectivity index (χ4v) is 3.45. The first-order valence-electron chi connectivity index (χ1n) is 9.73. The molecular weight excluding hydrogens is 366 g/mol. The van der Waals surface area contributed by atoms with Crippen LogP contribution in [0.5, 0.6) is 0 Å². The summed E-state index contributed by atoms with van der Waals surface area (Å²) in [5.41, 5.74) is 3.92. The minimum atomic E-state index is -0.571. The molecule has 8 nitrogen and oxygen atoms in total. The number of aromatic nitrogens is 5. The molecule has 6 rings (SSSR count). The molecule has 1 aliphatic carbocycles. The average Bonchev–Trinajstić information content (AvgIpc) is 3.30. The van der Waals surface area contributed by atoms with E-state index in [-0.39, 0.29) is 5.91 Å². The molecule has 8 heteroatoms. The monoisotopic (exact) mass is 385 g/mol. The highest BCUT2D eigenvalue weighted by molar-refractivity contribution is 6.02. The van der Waals surface area contributed by atoms with Crippen LogP contribution in [-0.4, -0.2) is 36.4 Å². The SMILES string of the molecule is C1CC1.N#CC1CCN(c2ccnn3cc(-c4nccn5ccnc45)cc23)C1=O. The molecule has 0 spiro atoms. The van der Waals surface area contributed by atoms with Crippen molar-refractivity contribution < 1.29 is 4.79 Å². The lowest BCUT2D eigenvalue weighted by Gasteiger charge is -2.16. The van der Waals surface area contributed by atoms with Gasteiger partial charge in [-0.2, -0.15) is 10.4 Å². The first-order valence-corrected chi connectivity index (χ1v) is 9.73. The third-order valence-electron chi connectivity index (χ3n) is 5.08. The van der Waals surface area contributed by atoms with E-state index in [1.165, 1.54) is 19.3 Å². The van der Waals surface area contributed by atoms with E-state index in [0.717, 1.165) is 28.1 Å². The lowest BCUT2D eigenvalue weighted by atomic mass is 10.1. The molecule has 29 heavy (non-hydrogen) atoms. The minimum absolute atomic E-state index is 0.156. The van der Waals surface area contributed by atoms with Crippen LogP contribution < -0.4 is 4.90 Å². The summed E-state index contributed by atoms with van der Waals surface area (Å²) in [7, 11) is 0. The Balaban J connectivity index is 0.000000556. The van der Waals surface area contributed by atoms with Crippen LogP contribution in [0.4, 0.5) is 5.69 Å². The smallest absolute Gasteiger partial charge is 0.244 e. The molecule has 1 amide bonds. The number of hydrogen-bond donors (Lipinski definition) is 0. The molecule has 2 fully saturated rings. The first-order chi connectivity index (χ1) is 14.3. The van der Waals surface area contributed by atoms with Crippen LogP contribution in [0.1, 0.15) is 25.7 Å². The summed E-state index contributed by atoms with van der Waals surface area (Å²) in [4.78, 5) is 22.9. The van der Waals surface area contributed by atoms with Gasteiger partial charge >= 0.3 is 0 Å². The molecule has 4 aromatic heterocycles. The predicted octanol–water partition coefficient (Wildman–Crippen LogP) is 3.09. The summed E-state index contributed by atoms with van der Waals surface area (Å²) >= 11 is 0. The summed E-state index contributed by atoms with van der Waals surface area (Å²) in [5, 5.41) is 13.5. The predicted molar refractivity (Wildman–Crippen MR) is 107 cm³/mol. The summed E-state index contributed by atoms with van der Waals surface area (Å²) in [6.07, 6.45) is 15.7. The molecule has 0 radical (unpaired) electrons. The Labute approximate surface area is 167 Å². The van der Waals surface area contributed by atoms with Crippen LogP contribution in [0.25, 0.3) is 22.4 Å². The minimum Gasteiger partial charge on any atom is -0.309 e. The summed E-state index contributed by atoms with van der Waals surface area (Å²) in [5.74, 6) is -0.727. The Kier molecular flexibility index (Phi) is 4.21. The fraction of sp³-hybridized carbons (Fsp3) is 0.286. The quantitative estimate of drug-likeness (QED) is 0.529. The van der Waals surface area contributed by atoms with Crippen LogP contribution in [0.15, 0.2) is 49.3 Å². The molecule has 4 aromatic rings. The van der Waals surface area contributed by atoms with Crippen LogP contribution in [0.2, 0.25) is 0 Å². The molecule has 0 N–H and O–H groups in total. The highest BCUT2D eigenvalue weighted by atomic mass is 16.2. The maximum Gasteiger partial charge on any atom is 0.244 e. The Morgan fingerprint density at radius 1 is 1.10 bits per heavy atom. The van der Waals surface area contributed by atoms with E-state index >= 15 is 0 Å². The van der Waals surface area contributed by atoms with Crippen molar-refractivity contribution >= 4 is 22.8 Å². The summed E-state index contributed by atoms with van der Waals surface area (Å²) in [6.45, 7) is 0.533. The molecule has 1 saturated carbocycles. The molecule has 0 bridgehead atoms. The van der Waals surface area contributed by atoms with Crippen molar-refractivity contribution in [3.05, 3.63) is 49.3 Å². The second-order valence-corrected chi connectivity index (χ2v) is 7.23. The number of amides is 1. The van der Waals surface area contributed by atoms with Gasteiger partial charge < -0.3 is 9.30 Å². The van der Waals surface area contributed by atoms with Crippen molar-refractivity contribution in [1.82, 2.24) is 24.0 Å². The third-order valence-corrected chi connectivity index (χ3v) is 5.08. The molecule has 0 aromatic carbocycles. The second kappa shape index (κ2) is 7.02. The topological polar surface area (TPSA) is 91.6 Å².